The smallest absolute Gasteiger partial charge is 0.389 e. The van der Waals surface area contributed by atoms with E-state index in [1.807, 2.05) is 0 Å². The number of rotatable bonds is 11. The van der Waals surface area contributed by atoms with Gasteiger partial charge in [0.1, 0.15) is 11.6 Å². The van der Waals surface area contributed by atoms with Crippen LogP contribution < -0.4 is 21.1 Å². The van der Waals surface area contributed by atoms with Crippen LogP contribution in [0.3, 0.4) is 0 Å². The minimum atomic E-state index is -4.57. The Labute approximate surface area is 233 Å². The number of hydrogen-bond donors (Lipinski definition) is 3. The molecule has 1 heterocycles. The van der Waals surface area contributed by atoms with Crippen LogP contribution in [0.2, 0.25) is 0 Å². The first-order valence-corrected chi connectivity index (χ1v) is 13.6. The van der Waals surface area contributed by atoms with Gasteiger partial charge in [-0.2, -0.15) is 13.2 Å². The van der Waals surface area contributed by atoms with Crippen molar-refractivity contribution in [2.45, 2.75) is 63.4 Å². The quantitative estimate of drug-likeness (QED) is 0.343. The second-order valence-electron chi connectivity index (χ2n) is 10.8. The zero-order valence-electron chi connectivity index (χ0n) is 22.0. The molecule has 0 saturated heterocycles. The van der Waals surface area contributed by atoms with Crippen molar-refractivity contribution in [3.05, 3.63) is 59.4 Å². The molecule has 2 aromatic carbocycles. The summed E-state index contributed by atoms with van der Waals surface area (Å²) in [6.07, 6.45) is -4.67. The number of para-hydroxylation sites is 1. The van der Waals surface area contributed by atoms with E-state index in [1.165, 1.54) is 18.2 Å². The summed E-state index contributed by atoms with van der Waals surface area (Å²) in [7, 11) is 0. The molecule has 12 heteroatoms. The molecule has 2 saturated carbocycles. The van der Waals surface area contributed by atoms with Crippen LogP contribution in [0.5, 0.6) is 5.75 Å². The third-order valence-electron chi connectivity index (χ3n) is 7.44. The molecule has 41 heavy (non-hydrogen) atoms. The Balaban J connectivity index is 1.49. The number of nitrogens with one attached hydrogen (secondary N) is 2. The number of carbonyl (C=O) groups is 3. The van der Waals surface area contributed by atoms with Gasteiger partial charge in [-0.05, 0) is 49.8 Å². The van der Waals surface area contributed by atoms with Crippen LogP contribution in [0.4, 0.5) is 23.2 Å². The molecule has 3 atom stereocenters. The maximum absolute atomic E-state index is 14.2. The summed E-state index contributed by atoms with van der Waals surface area (Å²) in [5.74, 6) is -5.23. The average Bonchev–Trinajstić information content (AvgIpc) is 3.82. The van der Waals surface area contributed by atoms with E-state index < -0.39 is 60.6 Å². The Kier molecular flexibility index (Phi) is 8.01. The van der Waals surface area contributed by atoms with E-state index in [0.29, 0.717) is 16.9 Å². The molecule has 2 aromatic rings. The number of amides is 3. The van der Waals surface area contributed by atoms with Crippen molar-refractivity contribution in [3.63, 3.8) is 0 Å². The summed E-state index contributed by atoms with van der Waals surface area (Å²) in [5.41, 5.74) is 6.72. The lowest BCUT2D eigenvalue weighted by Crippen LogP contribution is -2.48. The molecule has 0 unspecified atom stereocenters. The minimum absolute atomic E-state index is 0.0155. The molecular formula is C29H30F4N4O4. The third-order valence-corrected chi connectivity index (χ3v) is 7.44. The fraction of sp³-hybridized carbons (Fsp3) is 0.448. The number of aliphatic imine (C=N–C) groups is 1. The molecule has 0 bridgehead atoms. The predicted molar refractivity (Wildman–Crippen MR) is 141 cm³/mol. The molecule has 2 fully saturated rings. The SMILES string of the molecule is NC(=O)[C@@H](CC1CC1)[C@@H](CCC(F)(F)F)C(=O)N[C@H]1N=C(c2cccc(F)c2)c2cccc(OC3CC3)c2NC1=O. The molecule has 4 N–H and O–H groups in total. The molecular weight excluding hydrogens is 544 g/mol. The van der Waals surface area contributed by atoms with E-state index in [0.717, 1.165) is 25.7 Å². The predicted octanol–water partition coefficient (Wildman–Crippen LogP) is 4.46. The first-order valence-electron chi connectivity index (χ1n) is 13.6. The Hall–Kier alpha value is -3.96. The summed E-state index contributed by atoms with van der Waals surface area (Å²) < 4.78 is 59.7. The van der Waals surface area contributed by atoms with Crippen molar-refractivity contribution in [2.75, 3.05) is 5.32 Å². The zero-order chi connectivity index (χ0) is 29.3. The van der Waals surface area contributed by atoms with Crippen LogP contribution in [-0.2, 0) is 14.4 Å². The number of primary amides is 1. The second kappa shape index (κ2) is 11.5. The average molecular weight is 575 g/mol. The number of nitrogens with two attached hydrogens (primary N) is 1. The van der Waals surface area contributed by atoms with E-state index in [2.05, 4.69) is 15.6 Å². The number of carbonyl (C=O) groups excluding carboxylic acids is 3. The Bertz CT molecular complexity index is 1370. The van der Waals surface area contributed by atoms with Crippen LogP contribution >= 0.6 is 0 Å². The molecule has 0 radical (unpaired) electrons. The Morgan fingerprint density at radius 1 is 1.10 bits per heavy atom. The van der Waals surface area contributed by atoms with Crippen molar-refractivity contribution in [1.82, 2.24) is 5.32 Å². The van der Waals surface area contributed by atoms with E-state index in [4.69, 9.17) is 10.5 Å². The molecule has 0 aromatic heterocycles. The van der Waals surface area contributed by atoms with Crippen LogP contribution in [0.1, 0.15) is 56.1 Å². The summed E-state index contributed by atoms with van der Waals surface area (Å²) >= 11 is 0. The number of halogens is 4. The van der Waals surface area contributed by atoms with Gasteiger partial charge < -0.3 is 21.1 Å². The second-order valence-corrected chi connectivity index (χ2v) is 10.8. The van der Waals surface area contributed by atoms with Gasteiger partial charge in [0.2, 0.25) is 18.0 Å². The molecule has 3 amide bonds. The fourth-order valence-corrected chi connectivity index (χ4v) is 5.00. The number of fused-ring (bicyclic) bond motifs is 1. The number of benzene rings is 2. The van der Waals surface area contributed by atoms with Gasteiger partial charge in [0.15, 0.2) is 0 Å². The molecule has 1 aliphatic heterocycles. The highest BCUT2D eigenvalue weighted by atomic mass is 19.4. The summed E-state index contributed by atoms with van der Waals surface area (Å²) in [6.45, 7) is 0. The van der Waals surface area contributed by atoms with Crippen LogP contribution in [0.15, 0.2) is 47.5 Å². The van der Waals surface area contributed by atoms with Gasteiger partial charge in [0.05, 0.1) is 17.5 Å². The maximum atomic E-state index is 14.2. The van der Waals surface area contributed by atoms with Crippen molar-refractivity contribution < 1.29 is 36.7 Å². The summed E-state index contributed by atoms with van der Waals surface area (Å²) in [4.78, 5) is 43.7. The van der Waals surface area contributed by atoms with Crippen molar-refractivity contribution in [3.8, 4) is 5.75 Å². The van der Waals surface area contributed by atoms with E-state index in [-0.39, 0.29) is 29.8 Å². The number of nitrogens with zero attached hydrogens (tertiary/aromatic N) is 1. The standard InChI is InChI=1S/C29H30F4N4O4/c30-17-4-1-3-16(14-17)23-20-5-2-6-22(41-18-9-10-18)24(20)36-28(40)26(35-23)37-27(39)19(11-12-29(31,32)33)21(25(34)38)13-15-7-8-15/h1-6,14-15,18-19,21,26H,7-13H2,(H2,34,38)(H,36,40)(H,37,39)/t19-,21+,26-/m1/s1. The van der Waals surface area contributed by atoms with E-state index >= 15 is 0 Å². The van der Waals surface area contributed by atoms with Crippen LogP contribution in [0, 0.1) is 23.6 Å². The Morgan fingerprint density at radius 2 is 1.83 bits per heavy atom. The van der Waals surface area contributed by atoms with Gasteiger partial charge in [-0.25, -0.2) is 9.38 Å². The number of benzodiazepines with no additional fused rings is 1. The summed E-state index contributed by atoms with van der Waals surface area (Å²) in [5, 5.41) is 5.17. The van der Waals surface area contributed by atoms with E-state index in [9.17, 15) is 31.9 Å². The van der Waals surface area contributed by atoms with Gasteiger partial charge in [0.25, 0.3) is 5.91 Å². The van der Waals surface area contributed by atoms with Crippen molar-refractivity contribution in [2.24, 2.45) is 28.5 Å². The highest BCUT2D eigenvalue weighted by molar-refractivity contribution is 6.20. The molecule has 5 rings (SSSR count). The first-order chi connectivity index (χ1) is 19.5. The van der Waals surface area contributed by atoms with Crippen LogP contribution in [-0.4, -0.2) is 41.9 Å². The molecule has 8 nitrogen and oxygen atoms in total. The van der Waals surface area contributed by atoms with Gasteiger partial charge in [-0.3, -0.25) is 14.4 Å². The van der Waals surface area contributed by atoms with E-state index in [1.54, 1.807) is 24.3 Å². The normalized spacial score (nSPS) is 20.1. The highest BCUT2D eigenvalue weighted by Gasteiger charge is 2.41. The monoisotopic (exact) mass is 574 g/mol. The Morgan fingerprint density at radius 3 is 2.46 bits per heavy atom. The molecule has 218 valence electrons. The fourth-order valence-electron chi connectivity index (χ4n) is 5.00. The minimum Gasteiger partial charge on any atom is -0.488 e. The highest BCUT2D eigenvalue weighted by Crippen LogP contribution is 2.40. The topological polar surface area (TPSA) is 123 Å². The molecule has 3 aliphatic rings. The molecule has 0 spiro atoms. The summed E-state index contributed by atoms with van der Waals surface area (Å²) in [6, 6.07) is 10.5. The largest absolute Gasteiger partial charge is 0.488 e. The third kappa shape index (κ3) is 7.22. The molecule has 2 aliphatic carbocycles. The van der Waals surface area contributed by atoms with Gasteiger partial charge in [-0.15, -0.1) is 0 Å². The lowest BCUT2D eigenvalue weighted by atomic mass is 9.83. The first kappa shape index (κ1) is 28.6. The van der Waals surface area contributed by atoms with Crippen LogP contribution in [0.25, 0.3) is 0 Å². The van der Waals surface area contributed by atoms with Gasteiger partial charge >= 0.3 is 6.18 Å². The van der Waals surface area contributed by atoms with Gasteiger partial charge in [-0.1, -0.05) is 37.1 Å². The zero-order valence-corrected chi connectivity index (χ0v) is 22.0. The number of alkyl halides is 3. The lowest BCUT2D eigenvalue weighted by Gasteiger charge is -2.26. The van der Waals surface area contributed by atoms with Crippen molar-refractivity contribution >= 4 is 29.1 Å². The number of anilines is 1. The van der Waals surface area contributed by atoms with Gasteiger partial charge in [0, 0.05) is 29.4 Å². The van der Waals surface area contributed by atoms with Crippen molar-refractivity contribution in [1.29, 1.82) is 0 Å². The number of ether oxygens (including phenoxy) is 1. The number of hydrogen-bond acceptors (Lipinski definition) is 5. The lowest BCUT2D eigenvalue weighted by molar-refractivity contribution is -0.146. The maximum Gasteiger partial charge on any atom is 0.389 e.